The third-order valence-electron chi connectivity index (χ3n) is 4.14. The zero-order chi connectivity index (χ0) is 19.1. The van der Waals surface area contributed by atoms with Gasteiger partial charge in [0, 0.05) is 20.5 Å². The fourth-order valence-corrected chi connectivity index (χ4v) is 2.63. The largest absolute Gasteiger partial charge is 0.521 e. The number of benzene rings is 2. The average Bonchev–Trinajstić information content (AvgIpc) is 3.15. The molecule has 150 valence electrons. The Balaban J connectivity index is 0.00000280. The topological polar surface area (TPSA) is 67.4 Å². The number of nitrogens with zero attached hydrogens (tertiary/aromatic N) is 3. The number of rotatable bonds is 6. The van der Waals surface area contributed by atoms with Crippen molar-refractivity contribution in [1.29, 1.82) is 0 Å². The quantitative estimate of drug-likeness (QED) is 0.394. The molecule has 2 unspecified atom stereocenters. The van der Waals surface area contributed by atoms with Crippen LogP contribution in [-0.2, 0) is 11.3 Å². The molecule has 2 aromatic carbocycles. The summed E-state index contributed by atoms with van der Waals surface area (Å²) in [5.41, 5.74) is 12.6. The standard InChI is InChI=1S/C20H26N6O.ClH/c1-16(14-17-10-6-4-7-11-17)26-15-19(27-24-26)21-20(25(2)3)23-22-18-12-8-5-9-13-18;/h4-13,15-16,22,26H,14H2,1-3H3,(H,21,23);1H. The Morgan fingerprint density at radius 2 is 1.75 bits per heavy atom. The number of hydrazine groups is 1. The molecule has 0 aliphatic carbocycles. The van der Waals surface area contributed by atoms with Crippen LogP contribution < -0.4 is 15.9 Å². The highest BCUT2D eigenvalue weighted by Crippen LogP contribution is 2.09. The molecule has 0 aromatic heterocycles. The van der Waals surface area contributed by atoms with Gasteiger partial charge in [-0.3, -0.25) is 16.4 Å². The molecule has 1 heterocycles. The van der Waals surface area contributed by atoms with Gasteiger partial charge in [-0.25, -0.2) is 0 Å². The van der Waals surface area contributed by atoms with E-state index in [2.05, 4.69) is 52.6 Å². The zero-order valence-electron chi connectivity index (χ0n) is 16.3. The first kappa shape index (κ1) is 21.6. The lowest BCUT2D eigenvalue weighted by Crippen LogP contribution is -3.06. The summed E-state index contributed by atoms with van der Waals surface area (Å²) in [5, 5.41) is 0.895. The Bertz CT molecular complexity index is 782. The number of hydrogen-bond donors (Lipinski definition) is 3. The number of nitrogens with one attached hydrogen (secondary N) is 3. The first-order valence-electron chi connectivity index (χ1n) is 8.95. The summed E-state index contributed by atoms with van der Waals surface area (Å²) in [6.07, 6.45) is 2.80. The third kappa shape index (κ3) is 6.16. The van der Waals surface area contributed by atoms with E-state index in [0.29, 0.717) is 11.8 Å². The molecule has 0 radical (unpaired) electrons. The second-order valence-electron chi connectivity index (χ2n) is 6.63. The summed E-state index contributed by atoms with van der Waals surface area (Å²) >= 11 is 0. The summed E-state index contributed by atoms with van der Waals surface area (Å²) in [7, 11) is 3.82. The van der Waals surface area contributed by atoms with Crippen molar-refractivity contribution < 1.29 is 9.85 Å². The Hall–Kier alpha value is -2.74. The fourth-order valence-electron chi connectivity index (χ4n) is 2.63. The molecule has 7 nitrogen and oxygen atoms in total. The zero-order valence-corrected chi connectivity index (χ0v) is 17.1. The van der Waals surface area contributed by atoms with Crippen molar-refractivity contribution >= 4 is 24.1 Å². The lowest BCUT2D eigenvalue weighted by atomic mass is 10.1. The van der Waals surface area contributed by atoms with E-state index in [1.807, 2.05) is 61.6 Å². The van der Waals surface area contributed by atoms with Crippen molar-refractivity contribution in [2.45, 2.75) is 19.4 Å². The van der Waals surface area contributed by atoms with Crippen LogP contribution in [0.25, 0.3) is 5.59 Å². The second kappa shape index (κ2) is 10.6. The summed E-state index contributed by atoms with van der Waals surface area (Å²) < 4.78 is 0. The van der Waals surface area contributed by atoms with E-state index in [0.717, 1.165) is 17.1 Å². The van der Waals surface area contributed by atoms with E-state index in [-0.39, 0.29) is 18.4 Å². The molecule has 1 aliphatic heterocycles. The molecule has 0 saturated carbocycles. The lowest BCUT2D eigenvalue weighted by Gasteiger charge is -2.26. The summed E-state index contributed by atoms with van der Waals surface area (Å²) in [6.45, 7) is 2.14. The molecule has 2 aromatic rings. The molecule has 0 saturated heterocycles. The first-order valence-corrected chi connectivity index (χ1v) is 8.95. The smallest absolute Gasteiger partial charge is 0.260 e. The highest BCUT2D eigenvalue weighted by Gasteiger charge is 2.18. The van der Waals surface area contributed by atoms with Gasteiger partial charge < -0.3 is 14.7 Å². The van der Waals surface area contributed by atoms with Crippen molar-refractivity contribution in [2.24, 2.45) is 4.99 Å². The average molecular weight is 403 g/mol. The minimum Gasteiger partial charge on any atom is -0.521 e. The molecule has 0 spiro atoms. The van der Waals surface area contributed by atoms with Gasteiger partial charge in [0.1, 0.15) is 6.20 Å². The molecule has 3 rings (SSSR count). The van der Waals surface area contributed by atoms with Crippen LogP contribution in [-0.4, -0.2) is 31.0 Å². The molecule has 0 bridgehead atoms. The molecule has 8 heteroatoms. The Kier molecular flexibility index (Phi) is 8.13. The van der Waals surface area contributed by atoms with Gasteiger partial charge in [0.25, 0.3) is 5.88 Å². The van der Waals surface area contributed by atoms with E-state index in [1.165, 1.54) is 5.56 Å². The normalized spacial score (nSPS) is 17.0. The molecule has 0 fully saturated rings. The SMILES string of the molecule is CC(Cc1ccccc1)[NH+]1C=C(/N=C(/NNc2ccccc2)N(C)C)O[N-]1.Cl. The first-order chi connectivity index (χ1) is 13.1. The number of para-hydroxylation sites is 1. The number of guanidine groups is 1. The molecular formula is C20H27ClN6O. The Labute approximate surface area is 172 Å². The van der Waals surface area contributed by atoms with Gasteiger partial charge in [-0.1, -0.05) is 48.5 Å². The number of hydrogen-bond acceptors (Lipinski definition) is 3. The highest BCUT2D eigenvalue weighted by atomic mass is 35.5. The van der Waals surface area contributed by atoms with Gasteiger partial charge in [0.05, 0.1) is 11.7 Å². The van der Waals surface area contributed by atoms with Crippen LogP contribution >= 0.6 is 12.4 Å². The number of halogens is 1. The van der Waals surface area contributed by atoms with Crippen LogP contribution in [0.3, 0.4) is 0 Å². The second-order valence-corrected chi connectivity index (χ2v) is 6.63. The van der Waals surface area contributed by atoms with Crippen LogP contribution in [0.4, 0.5) is 5.69 Å². The minimum absolute atomic E-state index is 0. The molecule has 0 amide bonds. The van der Waals surface area contributed by atoms with E-state index in [4.69, 9.17) is 4.84 Å². The fraction of sp³-hybridized carbons (Fsp3) is 0.250. The predicted molar refractivity (Wildman–Crippen MR) is 115 cm³/mol. The van der Waals surface area contributed by atoms with Gasteiger partial charge in [-0.2, -0.15) is 4.99 Å². The van der Waals surface area contributed by atoms with Gasteiger partial charge in [-0.15, -0.1) is 12.4 Å². The van der Waals surface area contributed by atoms with Crippen molar-refractivity contribution in [3.63, 3.8) is 0 Å². The van der Waals surface area contributed by atoms with Crippen molar-refractivity contribution in [2.75, 3.05) is 19.5 Å². The van der Waals surface area contributed by atoms with Gasteiger partial charge in [-0.05, 0) is 24.6 Å². The maximum absolute atomic E-state index is 5.42. The van der Waals surface area contributed by atoms with Crippen molar-refractivity contribution in [3.8, 4) is 0 Å². The Morgan fingerprint density at radius 1 is 1.11 bits per heavy atom. The number of aliphatic imine (C=N–C) groups is 1. The van der Waals surface area contributed by atoms with Gasteiger partial charge in [0.15, 0.2) is 0 Å². The van der Waals surface area contributed by atoms with E-state index in [9.17, 15) is 0 Å². The highest BCUT2D eigenvalue weighted by molar-refractivity contribution is 5.85. The summed E-state index contributed by atoms with van der Waals surface area (Å²) in [5.74, 6) is 1.09. The Morgan fingerprint density at radius 3 is 2.39 bits per heavy atom. The minimum atomic E-state index is 0. The predicted octanol–water partition coefficient (Wildman–Crippen LogP) is 2.49. The molecule has 3 N–H and O–H groups in total. The van der Waals surface area contributed by atoms with Crippen molar-refractivity contribution in [3.05, 3.63) is 83.9 Å². The van der Waals surface area contributed by atoms with Crippen molar-refractivity contribution in [1.82, 2.24) is 10.3 Å². The maximum Gasteiger partial charge on any atom is 0.260 e. The number of quaternary nitrogens is 1. The van der Waals surface area contributed by atoms with Crippen LogP contribution in [0.1, 0.15) is 12.5 Å². The van der Waals surface area contributed by atoms with Crippen LogP contribution in [0, 0.1) is 0 Å². The summed E-state index contributed by atoms with van der Waals surface area (Å²) in [6, 6.07) is 20.5. The van der Waals surface area contributed by atoms with E-state index >= 15 is 0 Å². The van der Waals surface area contributed by atoms with Crippen LogP contribution in [0.2, 0.25) is 0 Å². The van der Waals surface area contributed by atoms with E-state index < -0.39 is 0 Å². The lowest BCUT2D eigenvalue weighted by molar-refractivity contribution is -0.840. The molecule has 1 aliphatic rings. The maximum atomic E-state index is 5.42. The van der Waals surface area contributed by atoms with Crippen LogP contribution in [0.15, 0.2) is 77.7 Å². The monoisotopic (exact) mass is 402 g/mol. The van der Waals surface area contributed by atoms with Crippen LogP contribution in [0.5, 0.6) is 0 Å². The van der Waals surface area contributed by atoms with E-state index in [1.54, 1.807) is 0 Å². The molecule has 28 heavy (non-hydrogen) atoms. The van der Waals surface area contributed by atoms with Gasteiger partial charge in [0.2, 0.25) is 5.96 Å². The molecular weight excluding hydrogens is 376 g/mol. The number of anilines is 1. The summed E-state index contributed by atoms with van der Waals surface area (Å²) in [4.78, 5) is 11.8. The third-order valence-corrected chi connectivity index (χ3v) is 4.14. The van der Waals surface area contributed by atoms with Gasteiger partial charge >= 0.3 is 0 Å². The molecule has 2 atom stereocenters.